The zero-order chi connectivity index (χ0) is 14.8. The summed E-state index contributed by atoms with van der Waals surface area (Å²) in [5.41, 5.74) is 0.381. The molecule has 0 aliphatic carbocycles. The molecule has 0 bridgehead atoms. The van der Waals surface area contributed by atoms with Crippen LogP contribution in [0.1, 0.15) is 17.3 Å². The van der Waals surface area contributed by atoms with Crippen molar-refractivity contribution in [3.63, 3.8) is 0 Å². The van der Waals surface area contributed by atoms with E-state index in [1.54, 1.807) is 31.2 Å². The average Bonchev–Trinajstić information content (AvgIpc) is 2.44. The Morgan fingerprint density at radius 2 is 2.10 bits per heavy atom. The average molecular weight is 278 g/mol. The lowest BCUT2D eigenvalue weighted by molar-refractivity contribution is -0.0599. The maximum atomic E-state index is 11.8. The molecule has 108 valence electrons. The van der Waals surface area contributed by atoms with Crippen LogP contribution in [0.3, 0.4) is 0 Å². The summed E-state index contributed by atoms with van der Waals surface area (Å²) in [5, 5.41) is 0. The molecule has 1 atom stereocenters. The third-order valence-electron chi connectivity index (χ3n) is 2.22. The van der Waals surface area contributed by atoms with Gasteiger partial charge in [-0.05, 0) is 18.2 Å². The van der Waals surface area contributed by atoms with E-state index in [-0.39, 0.29) is 0 Å². The second-order valence-corrected chi connectivity index (χ2v) is 3.69. The molecule has 5 heteroatoms. The number of benzene rings is 1. The van der Waals surface area contributed by atoms with Crippen molar-refractivity contribution in [1.82, 2.24) is 0 Å². The molecule has 0 heterocycles. The second-order valence-electron chi connectivity index (χ2n) is 3.69. The van der Waals surface area contributed by atoms with Crippen LogP contribution in [0.2, 0.25) is 0 Å². The van der Waals surface area contributed by atoms with E-state index < -0.39 is 12.3 Å². The minimum Gasteiger partial charge on any atom is -0.498 e. The third-order valence-corrected chi connectivity index (χ3v) is 2.22. The SMILES string of the molecule is C=COCCOc1cccc(C(=O)OC(C)OC=C)c1. The van der Waals surface area contributed by atoms with Gasteiger partial charge in [0.1, 0.15) is 19.0 Å². The van der Waals surface area contributed by atoms with E-state index >= 15 is 0 Å². The van der Waals surface area contributed by atoms with E-state index in [4.69, 9.17) is 18.9 Å². The third kappa shape index (κ3) is 5.48. The molecule has 1 rings (SSSR count). The molecule has 0 aliphatic rings. The van der Waals surface area contributed by atoms with Gasteiger partial charge in [0.15, 0.2) is 0 Å². The van der Waals surface area contributed by atoms with Gasteiger partial charge in [0, 0.05) is 6.92 Å². The van der Waals surface area contributed by atoms with Gasteiger partial charge < -0.3 is 18.9 Å². The molecule has 0 amide bonds. The molecule has 1 aromatic carbocycles. The highest BCUT2D eigenvalue weighted by Crippen LogP contribution is 2.15. The molecule has 0 saturated carbocycles. The Morgan fingerprint density at radius 3 is 2.80 bits per heavy atom. The van der Waals surface area contributed by atoms with Crippen LogP contribution in [-0.2, 0) is 14.2 Å². The molecule has 0 aromatic heterocycles. The Balaban J connectivity index is 2.55. The van der Waals surface area contributed by atoms with Gasteiger partial charge in [0.25, 0.3) is 0 Å². The van der Waals surface area contributed by atoms with Crippen molar-refractivity contribution < 1.29 is 23.7 Å². The maximum absolute atomic E-state index is 11.8. The summed E-state index contributed by atoms with van der Waals surface area (Å²) in [6.07, 6.45) is 1.88. The van der Waals surface area contributed by atoms with Crippen LogP contribution in [0.25, 0.3) is 0 Å². The second kappa shape index (κ2) is 8.63. The van der Waals surface area contributed by atoms with E-state index in [1.807, 2.05) is 0 Å². The summed E-state index contributed by atoms with van der Waals surface area (Å²) in [5.74, 6) is 0.0662. The molecule has 0 saturated heterocycles. The minimum absolute atomic E-state index is 0.362. The molecule has 0 N–H and O–H groups in total. The summed E-state index contributed by atoms with van der Waals surface area (Å²) < 4.78 is 20.3. The standard InChI is InChI=1S/C15H18O5/c1-4-17-9-10-19-14-8-6-7-13(11-14)15(16)20-12(3)18-5-2/h4-8,11-12H,1-2,9-10H2,3H3. The number of hydrogen-bond donors (Lipinski definition) is 0. The van der Waals surface area contributed by atoms with Gasteiger partial charge in [-0.3, -0.25) is 0 Å². The van der Waals surface area contributed by atoms with Gasteiger partial charge in [-0.2, -0.15) is 0 Å². The van der Waals surface area contributed by atoms with Crippen LogP contribution in [0.4, 0.5) is 0 Å². The van der Waals surface area contributed by atoms with E-state index in [2.05, 4.69) is 13.2 Å². The van der Waals surface area contributed by atoms with Gasteiger partial charge in [-0.1, -0.05) is 19.2 Å². The highest BCUT2D eigenvalue weighted by Gasteiger charge is 2.12. The van der Waals surface area contributed by atoms with Gasteiger partial charge in [0.05, 0.1) is 18.1 Å². The maximum Gasteiger partial charge on any atom is 0.341 e. The first kappa shape index (κ1) is 15.6. The summed E-state index contributed by atoms with van der Waals surface area (Å²) in [7, 11) is 0. The van der Waals surface area contributed by atoms with Crippen molar-refractivity contribution in [3.8, 4) is 5.75 Å². The molecule has 0 radical (unpaired) electrons. The summed E-state index contributed by atoms with van der Waals surface area (Å²) >= 11 is 0. The largest absolute Gasteiger partial charge is 0.498 e. The van der Waals surface area contributed by atoms with Crippen LogP contribution in [0.15, 0.2) is 49.9 Å². The number of hydrogen-bond acceptors (Lipinski definition) is 5. The summed E-state index contributed by atoms with van der Waals surface area (Å²) in [6.45, 7) is 9.18. The van der Waals surface area contributed by atoms with E-state index in [1.165, 1.54) is 12.5 Å². The van der Waals surface area contributed by atoms with Crippen LogP contribution in [-0.4, -0.2) is 25.5 Å². The lowest BCUT2D eigenvalue weighted by Gasteiger charge is -2.12. The fourth-order valence-electron chi connectivity index (χ4n) is 1.39. The van der Waals surface area contributed by atoms with Crippen molar-refractivity contribution in [2.45, 2.75) is 13.2 Å². The molecule has 0 spiro atoms. The smallest absolute Gasteiger partial charge is 0.341 e. The van der Waals surface area contributed by atoms with Gasteiger partial charge in [-0.25, -0.2) is 4.79 Å². The molecular weight excluding hydrogens is 260 g/mol. The highest BCUT2D eigenvalue weighted by molar-refractivity contribution is 5.89. The first-order valence-corrected chi connectivity index (χ1v) is 6.10. The molecule has 0 aliphatic heterocycles. The Kier molecular flexibility index (Phi) is 6.75. The monoisotopic (exact) mass is 278 g/mol. The molecule has 5 nitrogen and oxygen atoms in total. The summed E-state index contributed by atoms with van der Waals surface area (Å²) in [4.78, 5) is 11.8. The fourth-order valence-corrected chi connectivity index (χ4v) is 1.39. The highest BCUT2D eigenvalue weighted by atomic mass is 16.7. The van der Waals surface area contributed by atoms with Crippen molar-refractivity contribution in [1.29, 1.82) is 0 Å². The zero-order valence-corrected chi connectivity index (χ0v) is 11.4. The van der Waals surface area contributed by atoms with Crippen LogP contribution >= 0.6 is 0 Å². The van der Waals surface area contributed by atoms with Crippen LogP contribution in [0, 0.1) is 0 Å². The first-order valence-electron chi connectivity index (χ1n) is 6.10. The van der Waals surface area contributed by atoms with Crippen LogP contribution in [0.5, 0.6) is 5.75 Å². The van der Waals surface area contributed by atoms with Gasteiger partial charge in [0.2, 0.25) is 6.29 Å². The molecule has 1 unspecified atom stereocenters. The topological polar surface area (TPSA) is 54.0 Å². The molecular formula is C15H18O5. The van der Waals surface area contributed by atoms with E-state index in [9.17, 15) is 4.79 Å². The quantitative estimate of drug-likeness (QED) is 0.301. The van der Waals surface area contributed by atoms with Crippen molar-refractivity contribution in [2.24, 2.45) is 0 Å². The number of carbonyl (C=O) groups excluding carboxylic acids is 1. The van der Waals surface area contributed by atoms with Crippen molar-refractivity contribution in [3.05, 3.63) is 55.5 Å². The number of ether oxygens (including phenoxy) is 4. The fraction of sp³-hybridized carbons (Fsp3) is 0.267. The lowest BCUT2D eigenvalue weighted by Crippen LogP contribution is -2.16. The predicted octanol–water partition coefficient (Wildman–Crippen LogP) is 2.89. The van der Waals surface area contributed by atoms with Gasteiger partial charge >= 0.3 is 5.97 Å². The zero-order valence-electron chi connectivity index (χ0n) is 11.4. The molecule has 0 fully saturated rings. The van der Waals surface area contributed by atoms with E-state index in [0.717, 1.165) is 0 Å². The van der Waals surface area contributed by atoms with Gasteiger partial charge in [-0.15, -0.1) is 0 Å². The Hall–Kier alpha value is -2.43. The van der Waals surface area contributed by atoms with Crippen LogP contribution < -0.4 is 4.74 Å². The molecule has 20 heavy (non-hydrogen) atoms. The number of carbonyl (C=O) groups is 1. The number of rotatable bonds is 9. The predicted molar refractivity (Wildman–Crippen MR) is 74.2 cm³/mol. The number of esters is 1. The Labute approximate surface area is 118 Å². The van der Waals surface area contributed by atoms with E-state index in [0.29, 0.717) is 24.5 Å². The summed E-state index contributed by atoms with van der Waals surface area (Å²) in [6, 6.07) is 6.68. The lowest BCUT2D eigenvalue weighted by atomic mass is 10.2. The normalized spacial score (nSPS) is 11.1. The minimum atomic E-state index is -0.689. The van der Waals surface area contributed by atoms with Crippen molar-refractivity contribution in [2.75, 3.05) is 13.2 Å². The Bertz CT molecular complexity index is 455. The molecule has 1 aromatic rings. The Morgan fingerprint density at radius 1 is 1.30 bits per heavy atom. The van der Waals surface area contributed by atoms with Crippen molar-refractivity contribution >= 4 is 5.97 Å². The first-order chi connectivity index (χ1) is 9.67.